The molecule has 0 aromatic carbocycles. The number of nitrogens with one attached hydrogen (secondary N) is 1. The van der Waals surface area contributed by atoms with Crippen molar-refractivity contribution in [3.63, 3.8) is 0 Å². The molecule has 2 aliphatic carbocycles. The van der Waals surface area contributed by atoms with Gasteiger partial charge in [0, 0.05) is 31.4 Å². The van der Waals surface area contributed by atoms with Gasteiger partial charge in [0.15, 0.2) is 0 Å². The number of aromatic nitrogens is 2. The third-order valence-corrected chi connectivity index (χ3v) is 8.22. The Bertz CT molecular complexity index is 791. The monoisotopic (exact) mass is 364 g/mol. The highest BCUT2D eigenvalue weighted by molar-refractivity contribution is 7.90. The van der Waals surface area contributed by atoms with Gasteiger partial charge in [-0.25, -0.2) is 22.7 Å². The Hall–Kier alpha value is -1.25. The van der Waals surface area contributed by atoms with Gasteiger partial charge in [-0.3, -0.25) is 0 Å². The van der Waals surface area contributed by atoms with Crippen LogP contribution < -0.4 is 5.32 Å². The standard InChI is InChI=1S/C17H24N4O3S/c22-25(23,14-3-4-14)21-6-5-17(10-21)11-24-9-13-8-19-16(20-15(13)17)18-7-12-1-2-12/h8,12,14H,1-7,9-11H2,(H,18,19,20)/t17-/m0/s1. The molecule has 0 radical (unpaired) electrons. The van der Waals surface area contributed by atoms with Crippen LogP contribution in [0.4, 0.5) is 5.95 Å². The molecule has 2 saturated carbocycles. The number of rotatable bonds is 5. The maximum Gasteiger partial charge on any atom is 0.222 e. The van der Waals surface area contributed by atoms with Gasteiger partial charge in [0.2, 0.25) is 16.0 Å². The van der Waals surface area contributed by atoms with Crippen LogP contribution in [0.5, 0.6) is 0 Å². The number of fused-ring (bicyclic) bond motifs is 2. The van der Waals surface area contributed by atoms with Crippen molar-refractivity contribution in [3.8, 4) is 0 Å². The number of ether oxygens (including phenoxy) is 1. The van der Waals surface area contributed by atoms with Crippen molar-refractivity contribution in [2.24, 2.45) is 5.92 Å². The lowest BCUT2D eigenvalue weighted by atomic mass is 9.81. The molecule has 4 aliphatic rings. The summed E-state index contributed by atoms with van der Waals surface area (Å²) >= 11 is 0. The third-order valence-electron chi connectivity index (χ3n) is 5.87. The molecule has 8 heteroatoms. The molecule has 3 heterocycles. The number of nitrogens with zero attached hydrogens (tertiary/aromatic N) is 3. The molecule has 0 unspecified atom stereocenters. The SMILES string of the molecule is O=S(=O)(C1CC1)N1CC[C@@]2(COCc3cnc(NCC4CC4)nc32)C1. The summed E-state index contributed by atoms with van der Waals surface area (Å²) in [5.41, 5.74) is 1.66. The van der Waals surface area contributed by atoms with E-state index in [0.717, 1.165) is 43.0 Å². The van der Waals surface area contributed by atoms with E-state index < -0.39 is 10.0 Å². The third kappa shape index (κ3) is 2.84. The Kier molecular flexibility index (Phi) is 3.59. The molecule has 1 N–H and O–H groups in total. The second-order valence-corrected chi connectivity index (χ2v) is 10.2. The van der Waals surface area contributed by atoms with E-state index in [9.17, 15) is 8.42 Å². The Morgan fingerprint density at radius 1 is 1.32 bits per heavy atom. The molecule has 136 valence electrons. The summed E-state index contributed by atoms with van der Waals surface area (Å²) in [6.45, 7) is 3.02. The molecule has 2 aliphatic heterocycles. The second kappa shape index (κ2) is 5.62. The van der Waals surface area contributed by atoms with E-state index in [1.165, 1.54) is 12.8 Å². The van der Waals surface area contributed by atoms with Crippen LogP contribution >= 0.6 is 0 Å². The van der Waals surface area contributed by atoms with Crippen molar-refractivity contribution in [1.82, 2.24) is 14.3 Å². The zero-order valence-electron chi connectivity index (χ0n) is 14.3. The van der Waals surface area contributed by atoms with E-state index in [4.69, 9.17) is 9.72 Å². The van der Waals surface area contributed by atoms with Gasteiger partial charge in [-0.05, 0) is 38.0 Å². The highest BCUT2D eigenvalue weighted by Crippen LogP contribution is 2.42. The van der Waals surface area contributed by atoms with Crippen molar-refractivity contribution in [1.29, 1.82) is 0 Å². The molecule has 3 fully saturated rings. The first-order valence-corrected chi connectivity index (χ1v) is 10.7. The van der Waals surface area contributed by atoms with Crippen LogP contribution in [0.25, 0.3) is 0 Å². The van der Waals surface area contributed by atoms with Gasteiger partial charge in [-0.15, -0.1) is 0 Å². The fraction of sp³-hybridized carbons (Fsp3) is 0.765. The minimum absolute atomic E-state index is 0.159. The molecule has 1 atom stereocenters. The van der Waals surface area contributed by atoms with E-state index in [-0.39, 0.29) is 10.7 Å². The van der Waals surface area contributed by atoms with Crippen molar-refractivity contribution in [3.05, 3.63) is 17.5 Å². The van der Waals surface area contributed by atoms with Crippen LogP contribution in [0.3, 0.4) is 0 Å². The maximum atomic E-state index is 12.6. The summed E-state index contributed by atoms with van der Waals surface area (Å²) < 4.78 is 32.7. The number of sulfonamides is 1. The van der Waals surface area contributed by atoms with Gasteiger partial charge < -0.3 is 10.1 Å². The van der Waals surface area contributed by atoms with Gasteiger partial charge in [0.05, 0.1) is 29.6 Å². The highest BCUT2D eigenvalue weighted by Gasteiger charge is 2.51. The van der Waals surface area contributed by atoms with Crippen molar-refractivity contribution < 1.29 is 13.2 Å². The lowest BCUT2D eigenvalue weighted by Gasteiger charge is -2.34. The van der Waals surface area contributed by atoms with Crippen molar-refractivity contribution in [2.45, 2.75) is 49.4 Å². The zero-order valence-corrected chi connectivity index (χ0v) is 15.1. The fourth-order valence-corrected chi connectivity index (χ4v) is 5.90. The van der Waals surface area contributed by atoms with Gasteiger partial charge in [-0.2, -0.15) is 0 Å². The normalized spacial score (nSPS) is 29.8. The Morgan fingerprint density at radius 3 is 2.92 bits per heavy atom. The van der Waals surface area contributed by atoms with E-state index in [2.05, 4.69) is 10.3 Å². The van der Waals surface area contributed by atoms with E-state index in [1.54, 1.807) is 4.31 Å². The predicted octanol–water partition coefficient (Wildman–Crippen LogP) is 1.26. The molecular formula is C17H24N4O3S. The van der Waals surface area contributed by atoms with Crippen LogP contribution in [0.2, 0.25) is 0 Å². The second-order valence-electron chi connectivity index (χ2n) is 7.99. The number of hydrogen-bond donors (Lipinski definition) is 1. The summed E-state index contributed by atoms with van der Waals surface area (Å²) in [5.74, 6) is 1.41. The average Bonchev–Trinajstić information content (AvgIpc) is 3.52. The average molecular weight is 364 g/mol. The van der Waals surface area contributed by atoms with Gasteiger partial charge in [-0.1, -0.05) is 0 Å². The maximum absolute atomic E-state index is 12.6. The number of hydrogen-bond acceptors (Lipinski definition) is 6. The van der Waals surface area contributed by atoms with Gasteiger partial charge in [0.1, 0.15) is 0 Å². The van der Waals surface area contributed by atoms with E-state index >= 15 is 0 Å². The van der Waals surface area contributed by atoms with E-state index in [1.807, 2.05) is 6.20 Å². The first-order chi connectivity index (χ1) is 12.1. The van der Waals surface area contributed by atoms with Crippen LogP contribution in [0.1, 0.15) is 43.4 Å². The van der Waals surface area contributed by atoms with Crippen molar-refractivity contribution >= 4 is 16.0 Å². The molecule has 5 rings (SSSR count). The lowest BCUT2D eigenvalue weighted by Crippen LogP contribution is -2.42. The molecule has 1 aromatic heterocycles. The summed E-state index contributed by atoms with van der Waals surface area (Å²) in [6.07, 6.45) is 6.78. The quantitative estimate of drug-likeness (QED) is 0.847. The largest absolute Gasteiger partial charge is 0.376 e. The summed E-state index contributed by atoms with van der Waals surface area (Å²) in [4.78, 5) is 9.22. The molecular weight excluding hydrogens is 340 g/mol. The zero-order chi connectivity index (χ0) is 17.1. The molecule has 0 amide bonds. The van der Waals surface area contributed by atoms with Gasteiger partial charge in [0.25, 0.3) is 0 Å². The first-order valence-electron chi connectivity index (χ1n) is 9.24. The van der Waals surface area contributed by atoms with Crippen LogP contribution in [0.15, 0.2) is 6.20 Å². The Labute approximate surface area is 148 Å². The molecule has 0 bridgehead atoms. The topological polar surface area (TPSA) is 84.4 Å². The smallest absolute Gasteiger partial charge is 0.222 e. The van der Waals surface area contributed by atoms with Crippen LogP contribution in [-0.2, 0) is 26.8 Å². The highest BCUT2D eigenvalue weighted by atomic mass is 32.2. The van der Waals surface area contributed by atoms with Crippen molar-refractivity contribution in [2.75, 3.05) is 31.6 Å². The van der Waals surface area contributed by atoms with Crippen LogP contribution in [-0.4, -0.2) is 54.2 Å². The van der Waals surface area contributed by atoms with Crippen LogP contribution in [0, 0.1) is 5.92 Å². The molecule has 7 nitrogen and oxygen atoms in total. The molecule has 25 heavy (non-hydrogen) atoms. The summed E-state index contributed by atoms with van der Waals surface area (Å²) in [6, 6.07) is 0. The molecule has 1 aromatic rings. The molecule has 1 spiro atoms. The minimum Gasteiger partial charge on any atom is -0.376 e. The predicted molar refractivity (Wildman–Crippen MR) is 92.7 cm³/mol. The summed E-state index contributed by atoms with van der Waals surface area (Å²) in [7, 11) is -3.15. The molecule has 1 saturated heterocycles. The van der Waals surface area contributed by atoms with E-state index in [0.29, 0.717) is 32.3 Å². The number of anilines is 1. The Morgan fingerprint density at radius 2 is 2.16 bits per heavy atom. The fourth-order valence-electron chi connectivity index (χ4n) is 3.98. The minimum atomic E-state index is -3.15. The first kappa shape index (κ1) is 16.0. The van der Waals surface area contributed by atoms with Gasteiger partial charge >= 0.3 is 0 Å². The Balaban J connectivity index is 1.42. The summed E-state index contributed by atoms with van der Waals surface area (Å²) in [5, 5.41) is 3.18. The lowest BCUT2D eigenvalue weighted by molar-refractivity contribution is 0.0532.